The molecule has 0 aliphatic carbocycles. The predicted molar refractivity (Wildman–Crippen MR) is 63.4 cm³/mol. The van der Waals surface area contributed by atoms with E-state index in [1.54, 1.807) is 6.20 Å². The molecule has 0 radical (unpaired) electrons. The van der Waals surface area contributed by atoms with Crippen LogP contribution in [0.15, 0.2) is 18.3 Å². The smallest absolute Gasteiger partial charge is 0.202 e. The zero-order valence-electron chi connectivity index (χ0n) is 9.27. The van der Waals surface area contributed by atoms with Crippen molar-refractivity contribution in [1.82, 2.24) is 19.9 Å². The molecule has 3 rings (SSSR count). The maximum absolute atomic E-state index is 4.40. The van der Waals surface area contributed by atoms with Crippen LogP contribution in [0.5, 0.6) is 0 Å². The van der Waals surface area contributed by atoms with E-state index in [0.29, 0.717) is 6.04 Å². The summed E-state index contributed by atoms with van der Waals surface area (Å²) in [5.41, 5.74) is 1.76. The lowest BCUT2D eigenvalue weighted by atomic mass is 10.3. The lowest BCUT2D eigenvalue weighted by Crippen LogP contribution is -2.23. The van der Waals surface area contributed by atoms with Gasteiger partial charge in [0.1, 0.15) is 0 Å². The van der Waals surface area contributed by atoms with E-state index in [1.807, 2.05) is 12.1 Å². The van der Waals surface area contributed by atoms with Gasteiger partial charge in [-0.05, 0) is 32.1 Å². The van der Waals surface area contributed by atoms with E-state index in [2.05, 4.69) is 32.2 Å². The highest BCUT2D eigenvalue weighted by Gasteiger charge is 2.19. The van der Waals surface area contributed by atoms with Crippen molar-refractivity contribution < 1.29 is 0 Å². The number of imidazole rings is 1. The van der Waals surface area contributed by atoms with Crippen LogP contribution in [-0.4, -0.2) is 46.0 Å². The number of rotatable bonds is 2. The number of H-pyrrole nitrogens is 1. The highest BCUT2D eigenvalue weighted by molar-refractivity contribution is 5.72. The molecule has 1 unspecified atom stereocenters. The zero-order chi connectivity index (χ0) is 11.0. The predicted octanol–water partition coefficient (Wildman–Crippen LogP) is 1.07. The molecule has 16 heavy (non-hydrogen) atoms. The number of aromatic nitrogens is 3. The van der Waals surface area contributed by atoms with Crippen LogP contribution in [-0.2, 0) is 0 Å². The first-order chi connectivity index (χ1) is 7.81. The number of aromatic amines is 1. The second-order valence-corrected chi connectivity index (χ2v) is 4.35. The Balaban J connectivity index is 1.79. The van der Waals surface area contributed by atoms with Crippen LogP contribution in [0.3, 0.4) is 0 Å². The van der Waals surface area contributed by atoms with Crippen molar-refractivity contribution in [2.24, 2.45) is 0 Å². The minimum absolute atomic E-state index is 0.491. The molecule has 5 heteroatoms. The summed E-state index contributed by atoms with van der Waals surface area (Å²) in [7, 11) is 2.14. The molecule has 2 aromatic rings. The molecule has 84 valence electrons. The Kier molecular flexibility index (Phi) is 2.25. The van der Waals surface area contributed by atoms with Gasteiger partial charge in [0.2, 0.25) is 5.95 Å². The number of pyridine rings is 1. The average molecular weight is 217 g/mol. The SMILES string of the molecule is CN1CCC(Nc2nc3ncccc3[nH]2)C1. The zero-order valence-corrected chi connectivity index (χ0v) is 9.27. The minimum Gasteiger partial charge on any atom is -0.352 e. The van der Waals surface area contributed by atoms with E-state index < -0.39 is 0 Å². The van der Waals surface area contributed by atoms with Crippen molar-refractivity contribution in [3.63, 3.8) is 0 Å². The van der Waals surface area contributed by atoms with Gasteiger partial charge in [-0.2, -0.15) is 4.98 Å². The maximum Gasteiger partial charge on any atom is 0.202 e. The molecule has 0 bridgehead atoms. The topological polar surface area (TPSA) is 56.8 Å². The highest BCUT2D eigenvalue weighted by Crippen LogP contribution is 2.15. The van der Waals surface area contributed by atoms with Crippen molar-refractivity contribution in [3.8, 4) is 0 Å². The third kappa shape index (κ3) is 1.74. The van der Waals surface area contributed by atoms with Crippen molar-refractivity contribution in [1.29, 1.82) is 0 Å². The third-order valence-electron chi connectivity index (χ3n) is 2.99. The summed E-state index contributed by atoms with van der Waals surface area (Å²) >= 11 is 0. The Hall–Kier alpha value is -1.62. The highest BCUT2D eigenvalue weighted by atomic mass is 15.2. The second kappa shape index (κ2) is 3.75. The van der Waals surface area contributed by atoms with Crippen LogP contribution in [0.1, 0.15) is 6.42 Å². The van der Waals surface area contributed by atoms with Gasteiger partial charge >= 0.3 is 0 Å². The molecule has 0 amide bonds. The first kappa shape index (κ1) is 9.59. The summed E-state index contributed by atoms with van der Waals surface area (Å²) in [5.74, 6) is 0.828. The first-order valence-electron chi connectivity index (χ1n) is 5.57. The van der Waals surface area contributed by atoms with Crippen LogP contribution in [0.2, 0.25) is 0 Å². The van der Waals surface area contributed by atoms with Crippen LogP contribution in [0, 0.1) is 0 Å². The number of likely N-dealkylation sites (N-methyl/N-ethyl adjacent to an activating group) is 1. The summed E-state index contributed by atoms with van der Waals surface area (Å²) in [6.07, 6.45) is 2.93. The summed E-state index contributed by atoms with van der Waals surface area (Å²) < 4.78 is 0. The van der Waals surface area contributed by atoms with Crippen molar-refractivity contribution in [2.75, 3.05) is 25.5 Å². The summed E-state index contributed by atoms with van der Waals surface area (Å²) in [5, 5.41) is 3.41. The maximum atomic E-state index is 4.40. The normalized spacial score (nSPS) is 21.7. The molecule has 0 saturated carbocycles. The number of anilines is 1. The molecule has 5 nitrogen and oxygen atoms in total. The molecule has 1 aliphatic heterocycles. The van der Waals surface area contributed by atoms with Crippen LogP contribution >= 0.6 is 0 Å². The van der Waals surface area contributed by atoms with Gasteiger partial charge in [0.15, 0.2) is 5.65 Å². The van der Waals surface area contributed by atoms with Gasteiger partial charge in [0.05, 0.1) is 5.52 Å². The number of fused-ring (bicyclic) bond motifs is 1. The average Bonchev–Trinajstić information content (AvgIpc) is 2.84. The number of nitrogens with one attached hydrogen (secondary N) is 2. The van der Waals surface area contributed by atoms with E-state index >= 15 is 0 Å². The standard InChI is InChI=1S/C11H15N5/c1-16-6-4-8(7-16)13-11-14-9-3-2-5-12-10(9)15-11/h2-3,5,8H,4,6-7H2,1H3,(H2,12,13,14,15). The Morgan fingerprint density at radius 2 is 2.50 bits per heavy atom. The lowest BCUT2D eigenvalue weighted by molar-refractivity contribution is 0.414. The second-order valence-electron chi connectivity index (χ2n) is 4.35. The molecule has 3 heterocycles. The van der Waals surface area contributed by atoms with Crippen LogP contribution in [0.4, 0.5) is 5.95 Å². The first-order valence-corrected chi connectivity index (χ1v) is 5.57. The number of likely N-dealkylation sites (tertiary alicyclic amines) is 1. The minimum atomic E-state index is 0.491. The molecule has 2 aromatic heterocycles. The Morgan fingerprint density at radius 1 is 1.56 bits per heavy atom. The number of hydrogen-bond donors (Lipinski definition) is 2. The number of nitrogens with zero attached hydrogens (tertiary/aromatic N) is 3. The molecule has 0 aromatic carbocycles. The molecular weight excluding hydrogens is 202 g/mol. The molecule has 1 fully saturated rings. The van der Waals surface area contributed by atoms with Crippen molar-refractivity contribution in [3.05, 3.63) is 18.3 Å². The van der Waals surface area contributed by atoms with Crippen LogP contribution < -0.4 is 5.32 Å². The van der Waals surface area contributed by atoms with E-state index in [0.717, 1.165) is 30.2 Å². The fourth-order valence-electron chi connectivity index (χ4n) is 2.16. The molecule has 2 N–H and O–H groups in total. The van der Waals surface area contributed by atoms with Crippen LogP contribution in [0.25, 0.3) is 11.2 Å². The van der Waals surface area contributed by atoms with Gasteiger partial charge in [-0.3, -0.25) is 0 Å². The Morgan fingerprint density at radius 3 is 3.25 bits per heavy atom. The molecule has 1 aliphatic rings. The van der Waals surface area contributed by atoms with E-state index in [4.69, 9.17) is 0 Å². The van der Waals surface area contributed by atoms with Gasteiger partial charge in [-0.15, -0.1) is 0 Å². The van der Waals surface area contributed by atoms with Crippen molar-refractivity contribution >= 4 is 17.1 Å². The quantitative estimate of drug-likeness (QED) is 0.790. The van der Waals surface area contributed by atoms with Gasteiger partial charge < -0.3 is 15.2 Å². The Bertz CT molecular complexity index is 459. The van der Waals surface area contributed by atoms with Gasteiger partial charge in [-0.1, -0.05) is 0 Å². The molecule has 1 saturated heterocycles. The van der Waals surface area contributed by atoms with Gasteiger partial charge in [-0.25, -0.2) is 4.98 Å². The third-order valence-corrected chi connectivity index (χ3v) is 2.99. The fraction of sp³-hybridized carbons (Fsp3) is 0.455. The lowest BCUT2D eigenvalue weighted by Gasteiger charge is -2.11. The summed E-state index contributed by atoms with van der Waals surface area (Å²) in [4.78, 5) is 14.2. The Labute approximate surface area is 93.9 Å². The number of hydrogen-bond acceptors (Lipinski definition) is 4. The molecular formula is C11H15N5. The van der Waals surface area contributed by atoms with E-state index in [-0.39, 0.29) is 0 Å². The summed E-state index contributed by atoms with van der Waals surface area (Å²) in [6.45, 7) is 2.22. The van der Waals surface area contributed by atoms with Gasteiger partial charge in [0.25, 0.3) is 0 Å². The van der Waals surface area contributed by atoms with Crippen molar-refractivity contribution in [2.45, 2.75) is 12.5 Å². The molecule has 0 spiro atoms. The molecule has 1 atom stereocenters. The van der Waals surface area contributed by atoms with Gasteiger partial charge in [0, 0.05) is 18.8 Å². The van der Waals surface area contributed by atoms with E-state index in [1.165, 1.54) is 6.42 Å². The monoisotopic (exact) mass is 217 g/mol. The fourth-order valence-corrected chi connectivity index (χ4v) is 2.16. The largest absolute Gasteiger partial charge is 0.352 e. The summed E-state index contributed by atoms with van der Waals surface area (Å²) in [6, 6.07) is 4.39. The van der Waals surface area contributed by atoms with E-state index in [9.17, 15) is 0 Å².